The zero-order chi connectivity index (χ0) is 18.6. The Bertz CT molecular complexity index is 885. The fourth-order valence-electron chi connectivity index (χ4n) is 3.24. The number of piperazine rings is 1. The Hall–Kier alpha value is -2.70. The van der Waals surface area contributed by atoms with Gasteiger partial charge in [0.1, 0.15) is 12.7 Å². The van der Waals surface area contributed by atoms with Crippen molar-refractivity contribution >= 4 is 17.5 Å². The van der Waals surface area contributed by atoms with Gasteiger partial charge in [0.05, 0.1) is 5.69 Å². The van der Waals surface area contributed by atoms with Gasteiger partial charge in [0.15, 0.2) is 0 Å². The van der Waals surface area contributed by atoms with E-state index < -0.39 is 0 Å². The molecule has 1 aromatic heterocycles. The minimum Gasteiger partial charge on any atom is -0.336 e. The smallest absolute Gasteiger partial charge is 0.253 e. The molecule has 7 heteroatoms. The number of hydrogen-bond acceptors (Lipinski definition) is 4. The summed E-state index contributed by atoms with van der Waals surface area (Å²) in [6.45, 7) is 4.08. The molecule has 0 saturated carbocycles. The van der Waals surface area contributed by atoms with Crippen LogP contribution in [-0.4, -0.2) is 56.7 Å². The van der Waals surface area contributed by atoms with Gasteiger partial charge in [-0.25, -0.2) is 9.67 Å². The average molecular weight is 382 g/mol. The Morgan fingerprint density at radius 3 is 2.30 bits per heavy atom. The number of rotatable bonds is 4. The SMILES string of the molecule is O=C(c1ccc(-n2cncn2)cc1)N1CCN(Cc2ccc(Cl)cc2)CC1. The van der Waals surface area contributed by atoms with Crippen molar-refractivity contribution in [2.24, 2.45) is 0 Å². The Morgan fingerprint density at radius 2 is 1.67 bits per heavy atom. The zero-order valence-corrected chi connectivity index (χ0v) is 15.6. The highest BCUT2D eigenvalue weighted by Crippen LogP contribution is 2.15. The summed E-state index contributed by atoms with van der Waals surface area (Å²) in [6, 6.07) is 15.4. The van der Waals surface area contributed by atoms with Crippen LogP contribution in [0.2, 0.25) is 5.02 Å². The number of aromatic nitrogens is 3. The van der Waals surface area contributed by atoms with Gasteiger partial charge in [-0.3, -0.25) is 9.69 Å². The molecule has 1 amide bonds. The molecule has 2 aromatic carbocycles. The number of carbonyl (C=O) groups is 1. The second-order valence-corrected chi connectivity index (χ2v) is 7.02. The van der Waals surface area contributed by atoms with Crippen LogP contribution < -0.4 is 0 Å². The van der Waals surface area contributed by atoms with E-state index in [4.69, 9.17) is 11.6 Å². The third-order valence-electron chi connectivity index (χ3n) is 4.78. The Morgan fingerprint density at radius 1 is 0.963 bits per heavy atom. The highest BCUT2D eigenvalue weighted by atomic mass is 35.5. The standard InChI is InChI=1S/C20H20ClN5O/c21-18-5-1-16(2-6-18)13-24-9-11-25(12-10-24)20(27)17-3-7-19(8-4-17)26-15-22-14-23-26/h1-8,14-15H,9-13H2. The minimum atomic E-state index is 0.0753. The summed E-state index contributed by atoms with van der Waals surface area (Å²) >= 11 is 5.94. The summed E-state index contributed by atoms with van der Waals surface area (Å²) in [5, 5.41) is 4.85. The first-order chi connectivity index (χ1) is 13.2. The maximum absolute atomic E-state index is 12.8. The normalized spacial score (nSPS) is 15.1. The highest BCUT2D eigenvalue weighted by molar-refractivity contribution is 6.30. The van der Waals surface area contributed by atoms with Crippen LogP contribution in [0.3, 0.4) is 0 Å². The van der Waals surface area contributed by atoms with E-state index in [-0.39, 0.29) is 5.91 Å². The van der Waals surface area contributed by atoms with Crippen molar-refractivity contribution in [2.45, 2.75) is 6.54 Å². The summed E-state index contributed by atoms with van der Waals surface area (Å²) in [5.41, 5.74) is 2.82. The molecule has 4 rings (SSSR count). The first-order valence-electron chi connectivity index (χ1n) is 8.90. The van der Waals surface area contributed by atoms with Crippen molar-refractivity contribution < 1.29 is 4.79 Å². The van der Waals surface area contributed by atoms with Gasteiger partial charge >= 0.3 is 0 Å². The molecule has 0 unspecified atom stereocenters. The van der Waals surface area contributed by atoms with E-state index in [1.165, 1.54) is 11.9 Å². The van der Waals surface area contributed by atoms with Gasteiger partial charge in [-0.2, -0.15) is 5.10 Å². The molecule has 0 atom stereocenters. The third-order valence-corrected chi connectivity index (χ3v) is 5.03. The van der Waals surface area contributed by atoms with Crippen LogP contribution >= 0.6 is 11.6 Å². The molecule has 0 bridgehead atoms. The Balaban J connectivity index is 1.33. The number of benzene rings is 2. The molecule has 3 aromatic rings. The third kappa shape index (κ3) is 4.18. The Labute approximate surface area is 163 Å². The molecule has 138 valence electrons. The zero-order valence-electron chi connectivity index (χ0n) is 14.8. The van der Waals surface area contributed by atoms with Gasteiger partial charge < -0.3 is 4.90 Å². The molecule has 0 spiro atoms. The van der Waals surface area contributed by atoms with Crippen molar-refractivity contribution in [3.63, 3.8) is 0 Å². The lowest BCUT2D eigenvalue weighted by atomic mass is 10.1. The first kappa shape index (κ1) is 17.7. The summed E-state index contributed by atoms with van der Waals surface area (Å²) in [5.74, 6) is 0.0753. The van der Waals surface area contributed by atoms with Gasteiger partial charge in [0, 0.05) is 43.3 Å². The van der Waals surface area contributed by atoms with Crippen molar-refractivity contribution in [3.05, 3.63) is 77.3 Å². The van der Waals surface area contributed by atoms with Gasteiger partial charge in [-0.1, -0.05) is 23.7 Å². The molecule has 1 saturated heterocycles. The van der Waals surface area contributed by atoms with Crippen LogP contribution in [0, 0.1) is 0 Å². The van der Waals surface area contributed by atoms with E-state index >= 15 is 0 Å². The Kier molecular flexibility index (Phi) is 5.18. The van der Waals surface area contributed by atoms with Crippen LogP contribution in [0.4, 0.5) is 0 Å². The van der Waals surface area contributed by atoms with Crippen LogP contribution in [0.15, 0.2) is 61.2 Å². The molecule has 27 heavy (non-hydrogen) atoms. The number of halogens is 1. The molecular weight excluding hydrogens is 362 g/mol. The van der Waals surface area contributed by atoms with E-state index in [2.05, 4.69) is 27.1 Å². The fourth-order valence-corrected chi connectivity index (χ4v) is 3.36. The average Bonchev–Trinajstić information content (AvgIpc) is 3.25. The first-order valence-corrected chi connectivity index (χ1v) is 9.28. The van der Waals surface area contributed by atoms with Gasteiger partial charge in [-0.05, 0) is 42.0 Å². The lowest BCUT2D eigenvalue weighted by Gasteiger charge is -2.34. The van der Waals surface area contributed by atoms with Crippen LogP contribution in [-0.2, 0) is 6.54 Å². The molecule has 6 nitrogen and oxygen atoms in total. The van der Waals surface area contributed by atoms with Crippen molar-refractivity contribution in [2.75, 3.05) is 26.2 Å². The molecule has 1 fully saturated rings. The molecular formula is C20H20ClN5O. The van der Waals surface area contributed by atoms with E-state index in [0.29, 0.717) is 5.56 Å². The van der Waals surface area contributed by atoms with Crippen LogP contribution in [0.25, 0.3) is 5.69 Å². The predicted octanol–water partition coefficient (Wildman–Crippen LogP) is 2.88. The van der Waals surface area contributed by atoms with E-state index in [0.717, 1.165) is 43.4 Å². The molecule has 1 aliphatic rings. The number of hydrogen-bond donors (Lipinski definition) is 0. The maximum atomic E-state index is 12.8. The summed E-state index contributed by atoms with van der Waals surface area (Å²) < 4.78 is 1.67. The number of nitrogens with zero attached hydrogens (tertiary/aromatic N) is 5. The maximum Gasteiger partial charge on any atom is 0.253 e. The fraction of sp³-hybridized carbons (Fsp3) is 0.250. The summed E-state index contributed by atoms with van der Waals surface area (Å²) in [7, 11) is 0. The van der Waals surface area contributed by atoms with Gasteiger partial charge in [0.25, 0.3) is 5.91 Å². The monoisotopic (exact) mass is 381 g/mol. The second kappa shape index (κ2) is 7.90. The summed E-state index contributed by atoms with van der Waals surface area (Å²) in [4.78, 5) is 21.0. The largest absolute Gasteiger partial charge is 0.336 e. The lowest BCUT2D eigenvalue weighted by Crippen LogP contribution is -2.48. The van der Waals surface area contributed by atoms with E-state index in [9.17, 15) is 4.79 Å². The quantitative estimate of drug-likeness (QED) is 0.697. The van der Waals surface area contributed by atoms with Gasteiger partial charge in [0.2, 0.25) is 0 Å². The van der Waals surface area contributed by atoms with E-state index in [1.807, 2.05) is 41.3 Å². The summed E-state index contributed by atoms with van der Waals surface area (Å²) in [6.07, 6.45) is 3.12. The van der Waals surface area contributed by atoms with Crippen molar-refractivity contribution in [3.8, 4) is 5.69 Å². The van der Waals surface area contributed by atoms with Crippen LogP contribution in [0.1, 0.15) is 15.9 Å². The predicted molar refractivity (Wildman–Crippen MR) is 104 cm³/mol. The number of carbonyl (C=O) groups excluding carboxylic acids is 1. The lowest BCUT2D eigenvalue weighted by molar-refractivity contribution is 0.0628. The molecule has 0 radical (unpaired) electrons. The number of amides is 1. The second-order valence-electron chi connectivity index (χ2n) is 6.58. The van der Waals surface area contributed by atoms with Crippen LogP contribution in [0.5, 0.6) is 0 Å². The van der Waals surface area contributed by atoms with Crippen molar-refractivity contribution in [1.29, 1.82) is 0 Å². The molecule has 2 heterocycles. The van der Waals surface area contributed by atoms with Crippen molar-refractivity contribution in [1.82, 2.24) is 24.6 Å². The van der Waals surface area contributed by atoms with Gasteiger partial charge in [-0.15, -0.1) is 0 Å². The molecule has 0 N–H and O–H groups in total. The molecule has 0 aliphatic carbocycles. The molecule has 1 aliphatic heterocycles. The topological polar surface area (TPSA) is 54.3 Å². The highest BCUT2D eigenvalue weighted by Gasteiger charge is 2.22. The van der Waals surface area contributed by atoms with E-state index in [1.54, 1.807) is 11.0 Å². The minimum absolute atomic E-state index is 0.0753.